The molecule has 0 spiro atoms. The summed E-state index contributed by atoms with van der Waals surface area (Å²) in [7, 11) is 1.68. The lowest BCUT2D eigenvalue weighted by atomic mass is 10.3. The zero-order valence-electron chi connectivity index (χ0n) is 12.5. The van der Waals surface area contributed by atoms with E-state index in [0.717, 1.165) is 42.1 Å². The number of rotatable bonds is 7. The molecule has 2 rings (SSSR count). The van der Waals surface area contributed by atoms with Crippen molar-refractivity contribution in [3.8, 4) is 5.75 Å². The molecule has 0 aliphatic carbocycles. The highest BCUT2D eigenvalue weighted by Crippen LogP contribution is 2.22. The summed E-state index contributed by atoms with van der Waals surface area (Å²) in [5.41, 5.74) is 2.11. The maximum atomic E-state index is 5.26. The summed E-state index contributed by atoms with van der Waals surface area (Å²) in [4.78, 5) is 4.73. The average Bonchev–Trinajstić information content (AvgIpc) is 2.76. The molecule has 0 atom stereocenters. The van der Waals surface area contributed by atoms with E-state index >= 15 is 0 Å². The Morgan fingerprint density at radius 2 is 2.25 bits per heavy atom. The fraction of sp³-hybridized carbons (Fsp3) is 0.438. The van der Waals surface area contributed by atoms with Crippen LogP contribution in [0.15, 0.2) is 30.9 Å². The van der Waals surface area contributed by atoms with Crippen molar-refractivity contribution < 1.29 is 4.74 Å². The minimum atomic E-state index is 0.493. The van der Waals surface area contributed by atoms with Gasteiger partial charge in [-0.1, -0.05) is 19.9 Å². The molecule has 0 aliphatic heterocycles. The van der Waals surface area contributed by atoms with Crippen LogP contribution in [-0.4, -0.2) is 29.2 Å². The Labute approximate surface area is 120 Å². The molecule has 108 valence electrons. The Morgan fingerprint density at radius 3 is 2.90 bits per heavy atom. The Bertz CT molecular complexity index is 587. The van der Waals surface area contributed by atoms with Crippen molar-refractivity contribution in [2.45, 2.75) is 32.9 Å². The summed E-state index contributed by atoms with van der Waals surface area (Å²) in [6.45, 7) is 9.84. The van der Waals surface area contributed by atoms with E-state index in [9.17, 15) is 0 Å². The number of nitrogens with zero attached hydrogens (tertiary/aromatic N) is 2. The SMILES string of the molecule is C=CCn1c(CCNC(C)C)nc2cc(OC)ccc21. The van der Waals surface area contributed by atoms with E-state index in [4.69, 9.17) is 9.72 Å². The molecule has 1 N–H and O–H groups in total. The molecule has 4 nitrogen and oxygen atoms in total. The van der Waals surface area contributed by atoms with Crippen LogP contribution in [0.2, 0.25) is 0 Å². The van der Waals surface area contributed by atoms with Gasteiger partial charge in [0, 0.05) is 31.6 Å². The van der Waals surface area contributed by atoms with Crippen LogP contribution in [0.1, 0.15) is 19.7 Å². The van der Waals surface area contributed by atoms with Crippen LogP contribution in [-0.2, 0) is 13.0 Å². The molecule has 0 saturated carbocycles. The summed E-state index contributed by atoms with van der Waals surface area (Å²) in [5, 5.41) is 3.43. The standard InChI is InChI=1S/C16H23N3O/c1-5-10-19-15-7-6-13(20-4)11-14(15)18-16(19)8-9-17-12(2)3/h5-7,11-12,17H,1,8-10H2,2-4H3. The topological polar surface area (TPSA) is 39.1 Å². The van der Waals surface area contributed by atoms with Crippen molar-refractivity contribution in [2.75, 3.05) is 13.7 Å². The summed E-state index contributed by atoms with van der Waals surface area (Å²) in [6, 6.07) is 6.50. The van der Waals surface area contributed by atoms with Crippen molar-refractivity contribution >= 4 is 11.0 Å². The van der Waals surface area contributed by atoms with E-state index in [1.54, 1.807) is 7.11 Å². The number of fused-ring (bicyclic) bond motifs is 1. The maximum absolute atomic E-state index is 5.26. The summed E-state index contributed by atoms with van der Waals surface area (Å²) in [6.07, 6.45) is 2.81. The normalized spacial score (nSPS) is 11.2. The van der Waals surface area contributed by atoms with Crippen molar-refractivity contribution in [3.05, 3.63) is 36.7 Å². The third-order valence-electron chi connectivity index (χ3n) is 3.25. The van der Waals surface area contributed by atoms with E-state index in [2.05, 4.69) is 36.4 Å². The Hall–Kier alpha value is -1.81. The summed E-state index contributed by atoms with van der Waals surface area (Å²) < 4.78 is 7.47. The number of hydrogen-bond acceptors (Lipinski definition) is 3. The van der Waals surface area contributed by atoms with E-state index in [1.165, 1.54) is 0 Å². The van der Waals surface area contributed by atoms with Gasteiger partial charge in [0.15, 0.2) is 0 Å². The first-order valence-electron chi connectivity index (χ1n) is 7.03. The second-order valence-corrected chi connectivity index (χ2v) is 5.14. The van der Waals surface area contributed by atoms with Crippen molar-refractivity contribution in [1.82, 2.24) is 14.9 Å². The molecule has 20 heavy (non-hydrogen) atoms. The molecular weight excluding hydrogens is 250 g/mol. The van der Waals surface area contributed by atoms with Crippen LogP contribution in [0.25, 0.3) is 11.0 Å². The lowest BCUT2D eigenvalue weighted by molar-refractivity contribution is 0.415. The van der Waals surface area contributed by atoms with Crippen molar-refractivity contribution in [2.24, 2.45) is 0 Å². The van der Waals surface area contributed by atoms with Crippen LogP contribution in [0.5, 0.6) is 5.75 Å². The molecule has 0 saturated heterocycles. The third-order valence-corrected chi connectivity index (χ3v) is 3.25. The summed E-state index contributed by atoms with van der Waals surface area (Å²) in [5.74, 6) is 1.92. The van der Waals surface area contributed by atoms with Crippen molar-refractivity contribution in [1.29, 1.82) is 0 Å². The van der Waals surface area contributed by atoms with Gasteiger partial charge in [-0.15, -0.1) is 6.58 Å². The highest BCUT2D eigenvalue weighted by Gasteiger charge is 2.10. The zero-order chi connectivity index (χ0) is 14.5. The van der Waals surface area contributed by atoms with Gasteiger partial charge in [-0.2, -0.15) is 0 Å². The average molecular weight is 273 g/mol. The number of nitrogens with one attached hydrogen (secondary N) is 1. The summed E-state index contributed by atoms with van der Waals surface area (Å²) >= 11 is 0. The lowest BCUT2D eigenvalue weighted by Crippen LogP contribution is -2.25. The Balaban J connectivity index is 2.31. The molecule has 0 amide bonds. The number of imidazole rings is 1. The second kappa shape index (κ2) is 6.57. The van der Waals surface area contributed by atoms with Gasteiger partial charge < -0.3 is 14.6 Å². The predicted octanol–water partition coefficient (Wildman–Crippen LogP) is 2.77. The molecule has 4 heteroatoms. The fourth-order valence-corrected chi connectivity index (χ4v) is 2.28. The number of allylic oxidation sites excluding steroid dienone is 1. The molecule has 0 bridgehead atoms. The quantitative estimate of drug-likeness (QED) is 0.788. The van der Waals surface area contributed by atoms with Crippen LogP contribution in [0.3, 0.4) is 0 Å². The first kappa shape index (κ1) is 14.6. The van der Waals surface area contributed by atoms with Gasteiger partial charge in [0.2, 0.25) is 0 Å². The molecule has 2 aromatic rings. The van der Waals surface area contributed by atoms with E-state index in [1.807, 2.05) is 18.2 Å². The first-order valence-corrected chi connectivity index (χ1v) is 7.03. The number of methoxy groups -OCH3 is 1. The lowest BCUT2D eigenvalue weighted by Gasteiger charge is -2.09. The molecule has 1 aromatic heterocycles. The van der Waals surface area contributed by atoms with E-state index < -0.39 is 0 Å². The Morgan fingerprint density at radius 1 is 1.45 bits per heavy atom. The van der Waals surface area contributed by atoms with Gasteiger partial charge in [0.25, 0.3) is 0 Å². The zero-order valence-corrected chi connectivity index (χ0v) is 12.5. The molecule has 0 aliphatic rings. The van der Waals surface area contributed by atoms with Crippen LogP contribution in [0, 0.1) is 0 Å². The number of benzene rings is 1. The monoisotopic (exact) mass is 273 g/mol. The molecule has 1 aromatic carbocycles. The van der Waals surface area contributed by atoms with E-state index in [-0.39, 0.29) is 0 Å². The smallest absolute Gasteiger partial charge is 0.121 e. The van der Waals surface area contributed by atoms with E-state index in [0.29, 0.717) is 6.04 Å². The van der Waals surface area contributed by atoms with Gasteiger partial charge >= 0.3 is 0 Å². The third kappa shape index (κ3) is 3.20. The highest BCUT2D eigenvalue weighted by atomic mass is 16.5. The van der Waals surface area contributed by atoms with Crippen LogP contribution >= 0.6 is 0 Å². The molecule has 0 radical (unpaired) electrons. The van der Waals surface area contributed by atoms with Crippen molar-refractivity contribution in [3.63, 3.8) is 0 Å². The highest BCUT2D eigenvalue weighted by molar-refractivity contribution is 5.77. The molecule has 0 unspecified atom stereocenters. The number of ether oxygens (including phenoxy) is 1. The van der Waals surface area contributed by atoms with Crippen LogP contribution < -0.4 is 10.1 Å². The van der Waals surface area contributed by atoms with Gasteiger partial charge in [-0.3, -0.25) is 0 Å². The number of aromatic nitrogens is 2. The van der Waals surface area contributed by atoms with Gasteiger partial charge in [-0.25, -0.2) is 4.98 Å². The van der Waals surface area contributed by atoms with Gasteiger partial charge in [-0.05, 0) is 12.1 Å². The molecular formula is C16H23N3O. The maximum Gasteiger partial charge on any atom is 0.121 e. The second-order valence-electron chi connectivity index (χ2n) is 5.14. The van der Waals surface area contributed by atoms with Gasteiger partial charge in [0.05, 0.1) is 18.1 Å². The predicted molar refractivity (Wildman–Crippen MR) is 83.3 cm³/mol. The fourth-order valence-electron chi connectivity index (χ4n) is 2.28. The minimum absolute atomic E-state index is 0.493. The largest absolute Gasteiger partial charge is 0.497 e. The molecule has 0 fully saturated rings. The Kier molecular flexibility index (Phi) is 4.79. The molecule has 1 heterocycles. The van der Waals surface area contributed by atoms with Crippen LogP contribution in [0.4, 0.5) is 0 Å². The minimum Gasteiger partial charge on any atom is -0.497 e. The first-order chi connectivity index (χ1) is 9.65. The number of hydrogen-bond donors (Lipinski definition) is 1. The van der Waals surface area contributed by atoms with Gasteiger partial charge in [0.1, 0.15) is 11.6 Å².